The third-order valence-electron chi connectivity index (χ3n) is 3.55. The summed E-state index contributed by atoms with van der Waals surface area (Å²) in [6.07, 6.45) is 1.74. The Hall–Kier alpha value is -3.13. The number of benzene rings is 2. The molecule has 0 saturated heterocycles. The first-order chi connectivity index (χ1) is 11.1. The quantitative estimate of drug-likeness (QED) is 0.741. The Morgan fingerprint density at radius 1 is 1.30 bits per heavy atom. The van der Waals surface area contributed by atoms with Crippen LogP contribution in [-0.2, 0) is 0 Å². The van der Waals surface area contributed by atoms with Crippen molar-refractivity contribution in [2.24, 2.45) is 0 Å². The number of H-pyrrole nitrogens is 1. The zero-order chi connectivity index (χ0) is 16.4. The summed E-state index contributed by atoms with van der Waals surface area (Å²) in [7, 11) is 1.62. The van der Waals surface area contributed by atoms with Gasteiger partial charge in [-0.25, -0.2) is 9.37 Å². The molecule has 0 bridgehead atoms. The number of methoxy groups -OCH3 is 1. The molecule has 1 heterocycles. The van der Waals surface area contributed by atoms with Crippen molar-refractivity contribution in [3.8, 4) is 11.8 Å². The van der Waals surface area contributed by atoms with E-state index in [-0.39, 0.29) is 5.82 Å². The lowest BCUT2D eigenvalue weighted by Gasteiger charge is -2.05. The van der Waals surface area contributed by atoms with Gasteiger partial charge in [0, 0.05) is 0 Å². The van der Waals surface area contributed by atoms with Crippen LogP contribution in [0.15, 0.2) is 36.4 Å². The molecule has 0 spiro atoms. The lowest BCUT2D eigenvalue weighted by molar-refractivity contribution is 0.411. The van der Waals surface area contributed by atoms with E-state index in [1.807, 2.05) is 25.1 Å². The number of imidazole rings is 1. The van der Waals surface area contributed by atoms with Gasteiger partial charge in [0.05, 0.1) is 23.7 Å². The van der Waals surface area contributed by atoms with Crippen LogP contribution in [0.4, 0.5) is 4.39 Å². The van der Waals surface area contributed by atoms with Crippen molar-refractivity contribution in [2.45, 2.75) is 6.92 Å². The molecule has 0 aliphatic carbocycles. The Morgan fingerprint density at radius 3 is 2.83 bits per heavy atom. The van der Waals surface area contributed by atoms with Gasteiger partial charge in [0.1, 0.15) is 23.5 Å². The van der Waals surface area contributed by atoms with Crippen molar-refractivity contribution in [2.75, 3.05) is 7.11 Å². The summed E-state index contributed by atoms with van der Waals surface area (Å²) >= 11 is 0. The Labute approximate surface area is 132 Å². The summed E-state index contributed by atoms with van der Waals surface area (Å²) in [6, 6.07) is 12.1. The number of nitrogens with one attached hydrogen (secondary N) is 1. The number of nitriles is 1. The number of halogens is 1. The predicted octanol–water partition coefficient (Wildman–Crippen LogP) is 4.08. The van der Waals surface area contributed by atoms with E-state index in [1.165, 1.54) is 12.1 Å². The third kappa shape index (κ3) is 2.92. The second-order valence-electron chi connectivity index (χ2n) is 5.15. The van der Waals surface area contributed by atoms with Crippen LogP contribution in [-0.4, -0.2) is 17.1 Å². The molecule has 4 nitrogen and oxygen atoms in total. The van der Waals surface area contributed by atoms with Gasteiger partial charge in [-0.3, -0.25) is 0 Å². The summed E-state index contributed by atoms with van der Waals surface area (Å²) in [5, 5.41) is 9.41. The molecule has 0 atom stereocenters. The van der Waals surface area contributed by atoms with E-state index in [9.17, 15) is 9.65 Å². The summed E-state index contributed by atoms with van der Waals surface area (Å²) in [5.41, 5.74) is 3.41. The first-order valence-electron chi connectivity index (χ1n) is 7.03. The fraction of sp³-hybridized carbons (Fsp3) is 0.111. The largest absolute Gasteiger partial charge is 0.496 e. The van der Waals surface area contributed by atoms with Crippen molar-refractivity contribution in [3.05, 3.63) is 59.2 Å². The first kappa shape index (κ1) is 14.8. The standard InChI is InChI=1S/C18H14FN3O/c1-11-7-12(3-6-17(11)23-2)8-13(10-20)18-21-15-5-4-14(19)9-16(15)22-18/h3-9H,1-2H3,(H,21,22)/b13-8-. The van der Waals surface area contributed by atoms with E-state index in [4.69, 9.17) is 4.74 Å². The van der Waals surface area contributed by atoms with Gasteiger partial charge in [0.15, 0.2) is 0 Å². The molecule has 3 rings (SSSR count). The van der Waals surface area contributed by atoms with E-state index < -0.39 is 0 Å². The molecule has 1 aromatic heterocycles. The maximum Gasteiger partial charge on any atom is 0.149 e. The molecular weight excluding hydrogens is 293 g/mol. The molecule has 0 saturated carbocycles. The molecule has 0 aliphatic heterocycles. The normalized spacial score (nSPS) is 11.5. The van der Waals surface area contributed by atoms with E-state index >= 15 is 0 Å². The van der Waals surface area contributed by atoms with Gasteiger partial charge in [-0.2, -0.15) is 5.26 Å². The topological polar surface area (TPSA) is 61.7 Å². The van der Waals surface area contributed by atoms with E-state index in [2.05, 4.69) is 16.0 Å². The minimum atomic E-state index is -0.346. The highest BCUT2D eigenvalue weighted by Gasteiger charge is 2.09. The second-order valence-corrected chi connectivity index (χ2v) is 5.15. The maximum absolute atomic E-state index is 13.3. The maximum atomic E-state index is 13.3. The van der Waals surface area contributed by atoms with Crippen LogP contribution in [0.25, 0.3) is 22.7 Å². The molecule has 0 aliphatic rings. The summed E-state index contributed by atoms with van der Waals surface area (Å²) in [4.78, 5) is 7.32. The summed E-state index contributed by atoms with van der Waals surface area (Å²) < 4.78 is 18.5. The van der Waals surface area contributed by atoms with E-state index in [0.717, 1.165) is 16.9 Å². The molecule has 23 heavy (non-hydrogen) atoms. The minimum absolute atomic E-state index is 0.346. The molecule has 3 aromatic rings. The van der Waals surface area contributed by atoms with Crippen LogP contribution >= 0.6 is 0 Å². The summed E-state index contributed by atoms with van der Waals surface area (Å²) in [5.74, 6) is 0.863. The number of ether oxygens (including phenoxy) is 1. The van der Waals surface area contributed by atoms with Crippen molar-refractivity contribution >= 4 is 22.7 Å². The van der Waals surface area contributed by atoms with Crippen LogP contribution in [0.1, 0.15) is 17.0 Å². The zero-order valence-corrected chi connectivity index (χ0v) is 12.7. The van der Waals surface area contributed by atoms with Gasteiger partial charge >= 0.3 is 0 Å². The number of allylic oxidation sites excluding steroid dienone is 1. The fourth-order valence-electron chi connectivity index (χ4n) is 2.42. The van der Waals surface area contributed by atoms with Crippen molar-refractivity contribution in [3.63, 3.8) is 0 Å². The lowest BCUT2D eigenvalue weighted by atomic mass is 10.1. The van der Waals surface area contributed by atoms with Crippen LogP contribution in [0.5, 0.6) is 5.75 Å². The summed E-state index contributed by atoms with van der Waals surface area (Å²) in [6.45, 7) is 1.94. The van der Waals surface area contributed by atoms with Gasteiger partial charge < -0.3 is 9.72 Å². The van der Waals surface area contributed by atoms with Crippen molar-refractivity contribution < 1.29 is 9.13 Å². The monoisotopic (exact) mass is 307 g/mol. The Balaban J connectivity index is 2.04. The highest BCUT2D eigenvalue weighted by atomic mass is 19.1. The van der Waals surface area contributed by atoms with Gasteiger partial charge in [0.2, 0.25) is 0 Å². The number of aromatic amines is 1. The van der Waals surface area contributed by atoms with Crippen molar-refractivity contribution in [1.82, 2.24) is 9.97 Å². The highest BCUT2D eigenvalue weighted by Crippen LogP contribution is 2.23. The molecular formula is C18H14FN3O. The molecule has 0 unspecified atom stereocenters. The third-order valence-corrected chi connectivity index (χ3v) is 3.55. The van der Waals surface area contributed by atoms with Crippen LogP contribution in [0, 0.1) is 24.1 Å². The number of hydrogen-bond acceptors (Lipinski definition) is 3. The van der Waals surface area contributed by atoms with Gasteiger partial charge in [-0.1, -0.05) is 6.07 Å². The second kappa shape index (κ2) is 5.93. The zero-order valence-electron chi connectivity index (χ0n) is 12.7. The highest BCUT2D eigenvalue weighted by molar-refractivity contribution is 5.90. The van der Waals surface area contributed by atoms with Crippen LogP contribution in [0.3, 0.4) is 0 Å². The number of rotatable bonds is 3. The Kier molecular flexibility index (Phi) is 3.82. The SMILES string of the molecule is COc1ccc(/C=C(/C#N)c2nc3ccc(F)cc3[nH]2)cc1C. The fourth-order valence-corrected chi connectivity index (χ4v) is 2.42. The first-order valence-corrected chi connectivity index (χ1v) is 7.03. The molecule has 0 radical (unpaired) electrons. The van der Waals surface area contributed by atoms with Crippen molar-refractivity contribution in [1.29, 1.82) is 5.26 Å². The van der Waals surface area contributed by atoms with Crippen LogP contribution in [0.2, 0.25) is 0 Å². The molecule has 1 N–H and O–H groups in total. The molecule has 5 heteroatoms. The number of aromatic nitrogens is 2. The van der Waals surface area contributed by atoms with Gasteiger partial charge in [0.25, 0.3) is 0 Å². The lowest BCUT2D eigenvalue weighted by Crippen LogP contribution is -1.88. The number of nitrogens with zero attached hydrogens (tertiary/aromatic N) is 2. The Morgan fingerprint density at radius 2 is 2.13 bits per heavy atom. The average molecular weight is 307 g/mol. The van der Waals surface area contributed by atoms with Gasteiger partial charge in [-0.05, 0) is 54.5 Å². The Bertz CT molecular complexity index is 951. The average Bonchev–Trinajstić information content (AvgIpc) is 2.95. The van der Waals surface area contributed by atoms with Gasteiger partial charge in [-0.15, -0.1) is 0 Å². The molecule has 0 amide bonds. The molecule has 2 aromatic carbocycles. The molecule has 0 fully saturated rings. The van der Waals surface area contributed by atoms with E-state index in [0.29, 0.717) is 22.4 Å². The predicted molar refractivity (Wildman–Crippen MR) is 87.3 cm³/mol. The smallest absolute Gasteiger partial charge is 0.149 e. The molecule has 114 valence electrons. The number of hydrogen-bond donors (Lipinski definition) is 1. The van der Waals surface area contributed by atoms with E-state index in [1.54, 1.807) is 19.3 Å². The van der Waals surface area contributed by atoms with Crippen LogP contribution < -0.4 is 4.74 Å². The number of fused-ring (bicyclic) bond motifs is 1. The number of aryl methyl sites for hydroxylation is 1. The minimum Gasteiger partial charge on any atom is -0.496 e.